The lowest BCUT2D eigenvalue weighted by Crippen LogP contribution is -1.95. The van der Waals surface area contributed by atoms with Crippen molar-refractivity contribution < 1.29 is 0 Å². The molecule has 0 aliphatic rings. The Balaban J connectivity index is 1.78. The second-order valence-electron chi connectivity index (χ2n) is 4.21. The number of rotatable bonds is 4. The minimum Gasteiger partial charge on any atom is -0.333 e. The highest BCUT2D eigenvalue weighted by atomic mass is 35.5. The number of hydrogen-bond donors (Lipinski definition) is 0. The van der Waals surface area contributed by atoms with E-state index in [4.69, 9.17) is 11.6 Å². The van der Waals surface area contributed by atoms with Crippen molar-refractivity contribution in [2.45, 2.75) is 12.4 Å². The summed E-state index contributed by atoms with van der Waals surface area (Å²) in [5.41, 5.74) is 3.32. The van der Waals surface area contributed by atoms with Crippen LogP contribution < -0.4 is 0 Å². The van der Waals surface area contributed by atoms with E-state index in [1.165, 1.54) is 5.56 Å². The van der Waals surface area contributed by atoms with Gasteiger partial charge in [-0.2, -0.15) is 0 Å². The van der Waals surface area contributed by atoms with Crippen molar-refractivity contribution in [1.82, 2.24) is 14.5 Å². The fourth-order valence-corrected chi connectivity index (χ4v) is 2.90. The molecule has 5 heteroatoms. The molecule has 0 radical (unpaired) electrons. The first-order valence-corrected chi connectivity index (χ1v) is 7.32. The molecule has 0 atom stereocenters. The maximum absolute atomic E-state index is 5.77. The van der Waals surface area contributed by atoms with Gasteiger partial charge < -0.3 is 4.57 Å². The molecule has 96 valence electrons. The van der Waals surface area contributed by atoms with Crippen LogP contribution in [0.25, 0.3) is 10.6 Å². The molecule has 19 heavy (non-hydrogen) atoms. The third-order valence-corrected chi connectivity index (χ3v) is 4.03. The summed E-state index contributed by atoms with van der Waals surface area (Å²) in [7, 11) is 0. The Morgan fingerprint density at radius 1 is 1.21 bits per heavy atom. The van der Waals surface area contributed by atoms with Gasteiger partial charge in [0.1, 0.15) is 5.01 Å². The van der Waals surface area contributed by atoms with Gasteiger partial charge in [0.05, 0.1) is 17.9 Å². The van der Waals surface area contributed by atoms with Crippen molar-refractivity contribution in [3.05, 3.63) is 59.6 Å². The number of aromatic nitrogens is 3. The van der Waals surface area contributed by atoms with Gasteiger partial charge in [-0.1, -0.05) is 24.3 Å². The molecular weight excluding hydrogens is 278 g/mol. The van der Waals surface area contributed by atoms with E-state index in [0.29, 0.717) is 5.88 Å². The molecule has 0 saturated carbocycles. The predicted molar refractivity (Wildman–Crippen MR) is 78.4 cm³/mol. The molecule has 3 aromatic rings. The van der Waals surface area contributed by atoms with Crippen LogP contribution in [0, 0.1) is 0 Å². The molecule has 0 bridgehead atoms. The van der Waals surface area contributed by atoms with Gasteiger partial charge >= 0.3 is 0 Å². The number of alkyl halides is 1. The van der Waals surface area contributed by atoms with E-state index in [1.54, 1.807) is 17.5 Å². The fourth-order valence-electron chi connectivity index (χ4n) is 1.84. The smallest absolute Gasteiger partial charge is 0.123 e. The molecule has 2 aromatic heterocycles. The van der Waals surface area contributed by atoms with Crippen LogP contribution in [-0.4, -0.2) is 14.5 Å². The molecule has 0 fully saturated rings. The maximum atomic E-state index is 5.77. The first kappa shape index (κ1) is 12.4. The minimum absolute atomic E-state index is 0.467. The van der Waals surface area contributed by atoms with Crippen molar-refractivity contribution in [2.24, 2.45) is 0 Å². The lowest BCUT2D eigenvalue weighted by Gasteiger charge is -2.03. The Labute approximate surface area is 120 Å². The molecule has 0 spiro atoms. The Morgan fingerprint density at radius 2 is 2.05 bits per heavy atom. The van der Waals surface area contributed by atoms with E-state index in [1.807, 2.05) is 22.5 Å². The molecule has 0 unspecified atom stereocenters. The summed E-state index contributed by atoms with van der Waals surface area (Å²) >= 11 is 7.40. The normalized spacial score (nSPS) is 10.8. The number of nitrogens with zero attached hydrogens (tertiary/aromatic N) is 3. The molecule has 0 amide bonds. The largest absolute Gasteiger partial charge is 0.333 e. The number of thiazole rings is 1. The third kappa shape index (κ3) is 2.85. The van der Waals surface area contributed by atoms with Gasteiger partial charge in [0, 0.05) is 29.9 Å². The SMILES string of the molecule is ClCc1csc(-c2ccc(Cn3ccnc3)cc2)n1. The summed E-state index contributed by atoms with van der Waals surface area (Å²) in [6, 6.07) is 8.44. The molecular formula is C14H12ClN3S. The summed E-state index contributed by atoms with van der Waals surface area (Å²) in [5.74, 6) is 0.467. The van der Waals surface area contributed by atoms with Crippen molar-refractivity contribution in [3.8, 4) is 10.6 Å². The summed E-state index contributed by atoms with van der Waals surface area (Å²) in [5, 5.41) is 3.02. The fraction of sp³-hybridized carbons (Fsp3) is 0.143. The molecule has 3 nitrogen and oxygen atoms in total. The van der Waals surface area contributed by atoms with E-state index >= 15 is 0 Å². The molecule has 1 aromatic carbocycles. The molecule has 0 N–H and O–H groups in total. The third-order valence-electron chi connectivity index (χ3n) is 2.81. The number of hydrogen-bond acceptors (Lipinski definition) is 3. The molecule has 0 saturated heterocycles. The highest BCUT2D eigenvalue weighted by molar-refractivity contribution is 7.13. The molecule has 3 rings (SSSR count). The van der Waals surface area contributed by atoms with E-state index in [0.717, 1.165) is 22.8 Å². The van der Waals surface area contributed by atoms with Gasteiger partial charge in [0.15, 0.2) is 0 Å². The van der Waals surface area contributed by atoms with Crippen molar-refractivity contribution >= 4 is 22.9 Å². The van der Waals surface area contributed by atoms with E-state index in [-0.39, 0.29) is 0 Å². The van der Waals surface area contributed by atoms with Gasteiger partial charge in [-0.15, -0.1) is 22.9 Å². The summed E-state index contributed by atoms with van der Waals surface area (Å²) < 4.78 is 2.05. The Kier molecular flexibility index (Phi) is 3.62. The average Bonchev–Trinajstić information content (AvgIpc) is 3.10. The Morgan fingerprint density at radius 3 is 2.68 bits per heavy atom. The van der Waals surface area contributed by atoms with Crippen LogP contribution in [0.2, 0.25) is 0 Å². The maximum Gasteiger partial charge on any atom is 0.123 e. The van der Waals surface area contributed by atoms with Crippen LogP contribution in [0.4, 0.5) is 0 Å². The number of halogens is 1. The van der Waals surface area contributed by atoms with E-state index in [2.05, 4.69) is 34.2 Å². The van der Waals surface area contributed by atoms with Crippen molar-refractivity contribution in [1.29, 1.82) is 0 Å². The molecule has 0 aliphatic heterocycles. The highest BCUT2D eigenvalue weighted by Crippen LogP contribution is 2.24. The second kappa shape index (κ2) is 5.55. The first-order valence-electron chi connectivity index (χ1n) is 5.90. The molecule has 0 aliphatic carbocycles. The van der Waals surface area contributed by atoms with Crippen LogP contribution in [0.3, 0.4) is 0 Å². The zero-order chi connectivity index (χ0) is 13.1. The van der Waals surface area contributed by atoms with Gasteiger partial charge in [0.2, 0.25) is 0 Å². The van der Waals surface area contributed by atoms with Crippen LogP contribution >= 0.6 is 22.9 Å². The van der Waals surface area contributed by atoms with Gasteiger partial charge in [-0.05, 0) is 5.56 Å². The lowest BCUT2D eigenvalue weighted by atomic mass is 10.1. The quantitative estimate of drug-likeness (QED) is 0.684. The van der Waals surface area contributed by atoms with Crippen LogP contribution in [0.5, 0.6) is 0 Å². The van der Waals surface area contributed by atoms with Gasteiger partial charge in [0.25, 0.3) is 0 Å². The van der Waals surface area contributed by atoms with Crippen molar-refractivity contribution in [2.75, 3.05) is 0 Å². The monoisotopic (exact) mass is 289 g/mol. The predicted octanol–water partition coefficient (Wildman–Crippen LogP) is 3.79. The number of benzene rings is 1. The van der Waals surface area contributed by atoms with E-state index < -0.39 is 0 Å². The number of imidazole rings is 1. The van der Waals surface area contributed by atoms with Gasteiger partial charge in [-0.25, -0.2) is 9.97 Å². The standard InChI is InChI=1S/C14H12ClN3S/c15-7-13-9-19-14(17-13)12-3-1-11(2-4-12)8-18-6-5-16-10-18/h1-6,9-10H,7-8H2. The van der Waals surface area contributed by atoms with Crippen LogP contribution in [0.15, 0.2) is 48.4 Å². The first-order chi connectivity index (χ1) is 9.35. The van der Waals surface area contributed by atoms with Gasteiger partial charge in [-0.3, -0.25) is 0 Å². The Bertz CT molecular complexity index is 644. The zero-order valence-corrected chi connectivity index (χ0v) is 11.7. The lowest BCUT2D eigenvalue weighted by molar-refractivity contribution is 0.797. The Hall–Kier alpha value is -1.65. The summed E-state index contributed by atoms with van der Waals surface area (Å²) in [6.07, 6.45) is 5.57. The summed E-state index contributed by atoms with van der Waals surface area (Å²) in [6.45, 7) is 0.838. The van der Waals surface area contributed by atoms with Crippen LogP contribution in [-0.2, 0) is 12.4 Å². The highest BCUT2D eigenvalue weighted by Gasteiger charge is 2.04. The average molecular weight is 290 g/mol. The summed E-state index contributed by atoms with van der Waals surface area (Å²) in [4.78, 5) is 8.51. The molecule has 2 heterocycles. The van der Waals surface area contributed by atoms with Crippen LogP contribution in [0.1, 0.15) is 11.3 Å². The van der Waals surface area contributed by atoms with Crippen molar-refractivity contribution in [3.63, 3.8) is 0 Å². The topological polar surface area (TPSA) is 30.7 Å². The van der Waals surface area contributed by atoms with E-state index in [9.17, 15) is 0 Å². The second-order valence-corrected chi connectivity index (χ2v) is 5.33. The zero-order valence-electron chi connectivity index (χ0n) is 10.2. The minimum atomic E-state index is 0.467.